The number of hydrogen-bond acceptors (Lipinski definition) is 17. The molecule has 3 aliphatic heterocycles. The molecule has 254 valence electrons. The Hall–Kier alpha value is -1.66. The van der Waals surface area contributed by atoms with Gasteiger partial charge >= 0.3 is 0 Å². The van der Waals surface area contributed by atoms with E-state index < -0.39 is 110 Å². The van der Waals surface area contributed by atoms with E-state index in [4.69, 9.17) is 41.9 Å². The molecule has 0 aromatic rings. The van der Waals surface area contributed by atoms with E-state index in [0.717, 1.165) is 0 Å². The van der Waals surface area contributed by atoms with Crippen molar-refractivity contribution in [3.05, 3.63) is 0 Å². The van der Waals surface area contributed by atoms with Gasteiger partial charge < -0.3 is 82.7 Å². The summed E-state index contributed by atoms with van der Waals surface area (Å²) in [6, 6.07) is -3.48. The average molecular weight is 638 g/mol. The fraction of sp³-hybridized carbons (Fsp3) is 0.920. The highest BCUT2D eigenvalue weighted by Crippen LogP contribution is 2.43. The van der Waals surface area contributed by atoms with E-state index in [1.165, 1.54) is 6.92 Å². The fourth-order valence-electron chi connectivity index (χ4n) is 5.67. The molecule has 1 aliphatic carbocycles. The third-order valence-corrected chi connectivity index (χ3v) is 8.47. The number of aliphatic imine (C=N–C) groups is 2. The number of ether oxygens (including phenoxy) is 4. The van der Waals surface area contributed by atoms with Gasteiger partial charge in [0.2, 0.25) is 5.91 Å². The summed E-state index contributed by atoms with van der Waals surface area (Å²) in [6.45, 7) is 0.199. The van der Waals surface area contributed by atoms with Crippen LogP contribution in [-0.2, 0) is 18.9 Å². The van der Waals surface area contributed by atoms with Crippen LogP contribution in [0.5, 0.6) is 0 Å². The van der Waals surface area contributed by atoms with Crippen LogP contribution in [0.3, 0.4) is 0 Å². The second-order valence-corrected chi connectivity index (χ2v) is 11.8. The minimum atomic E-state index is -1.75. The Labute approximate surface area is 253 Å². The molecule has 0 spiro atoms. The molecule has 19 nitrogen and oxygen atoms in total. The predicted octanol–water partition coefficient (Wildman–Crippen LogP) is -7.40. The molecule has 0 bridgehead atoms. The van der Waals surface area contributed by atoms with E-state index in [1.54, 1.807) is 0 Å². The van der Waals surface area contributed by atoms with Gasteiger partial charge in [0, 0.05) is 6.04 Å². The van der Waals surface area contributed by atoms with Gasteiger partial charge in [0.25, 0.3) is 0 Å². The zero-order valence-electron chi connectivity index (χ0n) is 24.3. The third-order valence-electron chi connectivity index (χ3n) is 8.47. The summed E-state index contributed by atoms with van der Waals surface area (Å²) in [5.74, 6) is -1.73. The highest BCUT2D eigenvalue weighted by Gasteiger charge is 2.63. The Balaban J connectivity index is 1.56. The molecule has 0 aromatic heterocycles. The molecule has 3 saturated heterocycles. The topological polar surface area (TPSA) is 350 Å². The molecule has 16 unspecified atom stereocenters. The molecule has 17 N–H and O–H groups in total. The van der Waals surface area contributed by atoms with Gasteiger partial charge in [-0.2, -0.15) is 0 Å². The number of hydrogen-bond donors (Lipinski definition) is 13. The van der Waals surface area contributed by atoms with Crippen molar-refractivity contribution < 1.29 is 59.8 Å². The van der Waals surface area contributed by atoms with E-state index in [-0.39, 0.29) is 24.8 Å². The number of fused-ring (bicyclic) bond motifs is 1. The summed E-state index contributed by atoms with van der Waals surface area (Å²) in [7, 11) is 0. The monoisotopic (exact) mass is 637 g/mol. The van der Waals surface area contributed by atoms with Crippen LogP contribution >= 0.6 is 0 Å². The maximum absolute atomic E-state index is 11.6. The van der Waals surface area contributed by atoms with Crippen molar-refractivity contribution in [1.82, 2.24) is 5.32 Å². The van der Waals surface area contributed by atoms with Crippen molar-refractivity contribution in [2.75, 3.05) is 19.8 Å². The first-order valence-electron chi connectivity index (χ1n) is 14.6. The minimum absolute atomic E-state index is 0.0463. The van der Waals surface area contributed by atoms with E-state index in [2.05, 4.69) is 15.3 Å². The predicted molar refractivity (Wildman–Crippen MR) is 151 cm³/mol. The SMILES string of the molecule is CC(O)C(N)=NCC1CCC2NC2(OC2C(N)CC(N=C(N)C(O)C(O)CO)C(OC3OC(CO)C(O)C(N)C3O)C2O)O1. The van der Waals surface area contributed by atoms with Gasteiger partial charge in [-0.15, -0.1) is 0 Å². The number of nitrogens with zero attached hydrogens (tertiary/aromatic N) is 2. The van der Waals surface area contributed by atoms with Gasteiger partial charge in [0.1, 0.15) is 66.6 Å². The van der Waals surface area contributed by atoms with E-state index in [1.807, 2.05) is 0 Å². The number of aliphatic hydroxyl groups excluding tert-OH is 8. The molecule has 0 aromatic carbocycles. The van der Waals surface area contributed by atoms with E-state index in [0.29, 0.717) is 12.8 Å². The van der Waals surface area contributed by atoms with Crippen LogP contribution < -0.4 is 28.3 Å². The zero-order valence-corrected chi connectivity index (χ0v) is 24.3. The van der Waals surface area contributed by atoms with Crippen LogP contribution in [0.15, 0.2) is 9.98 Å². The summed E-state index contributed by atoms with van der Waals surface area (Å²) in [5, 5.41) is 84.2. The van der Waals surface area contributed by atoms with Crippen molar-refractivity contribution in [1.29, 1.82) is 0 Å². The second-order valence-electron chi connectivity index (χ2n) is 11.8. The van der Waals surface area contributed by atoms with Crippen LogP contribution in [0.2, 0.25) is 0 Å². The smallest absolute Gasteiger partial charge is 0.244 e. The number of nitrogens with two attached hydrogens (primary N) is 4. The summed E-state index contributed by atoms with van der Waals surface area (Å²) >= 11 is 0. The summed E-state index contributed by atoms with van der Waals surface area (Å²) in [5.41, 5.74) is 24.0. The van der Waals surface area contributed by atoms with E-state index in [9.17, 15) is 40.9 Å². The first-order chi connectivity index (χ1) is 20.7. The van der Waals surface area contributed by atoms with Gasteiger partial charge in [0.15, 0.2) is 6.29 Å². The van der Waals surface area contributed by atoms with E-state index >= 15 is 0 Å². The molecular weight excluding hydrogens is 590 g/mol. The van der Waals surface area contributed by atoms with Crippen molar-refractivity contribution in [3.63, 3.8) is 0 Å². The Morgan fingerprint density at radius 1 is 1.02 bits per heavy atom. The van der Waals surface area contributed by atoms with Gasteiger partial charge in [-0.3, -0.25) is 15.3 Å². The molecule has 3 heterocycles. The fourth-order valence-corrected chi connectivity index (χ4v) is 5.67. The molecule has 19 heteroatoms. The molecule has 16 atom stereocenters. The normalized spacial score (nSPS) is 45.3. The van der Waals surface area contributed by atoms with Crippen LogP contribution in [0.25, 0.3) is 0 Å². The van der Waals surface area contributed by atoms with Gasteiger partial charge in [-0.25, -0.2) is 0 Å². The third kappa shape index (κ3) is 7.48. The Morgan fingerprint density at radius 2 is 1.73 bits per heavy atom. The molecular formula is C25H47N7O12. The van der Waals surface area contributed by atoms with Crippen molar-refractivity contribution in [2.24, 2.45) is 32.9 Å². The Morgan fingerprint density at radius 3 is 2.36 bits per heavy atom. The minimum Gasteiger partial charge on any atom is -0.394 e. The Bertz CT molecular complexity index is 1030. The lowest BCUT2D eigenvalue weighted by molar-refractivity contribution is -0.315. The summed E-state index contributed by atoms with van der Waals surface area (Å²) in [4.78, 5) is 8.38. The molecule has 4 aliphatic rings. The van der Waals surface area contributed by atoms with Crippen LogP contribution in [0.4, 0.5) is 0 Å². The summed E-state index contributed by atoms with van der Waals surface area (Å²) < 4.78 is 23.9. The van der Waals surface area contributed by atoms with Gasteiger partial charge in [-0.05, 0) is 26.2 Å². The van der Waals surface area contributed by atoms with Crippen LogP contribution in [-0.4, -0.2) is 170 Å². The highest BCUT2D eigenvalue weighted by molar-refractivity contribution is 5.85. The molecule has 4 fully saturated rings. The van der Waals surface area contributed by atoms with Crippen molar-refractivity contribution in [2.45, 2.75) is 124 Å². The van der Waals surface area contributed by atoms with Crippen LogP contribution in [0.1, 0.15) is 26.2 Å². The Kier molecular flexibility index (Phi) is 11.5. The van der Waals surface area contributed by atoms with Crippen LogP contribution in [0, 0.1) is 0 Å². The average Bonchev–Trinajstić information content (AvgIpc) is 3.72. The second kappa shape index (κ2) is 14.4. The highest BCUT2D eigenvalue weighted by atomic mass is 16.8. The number of nitrogens with one attached hydrogen (secondary N) is 1. The lowest BCUT2D eigenvalue weighted by Gasteiger charge is -2.47. The maximum atomic E-state index is 11.6. The molecule has 1 saturated carbocycles. The molecule has 0 radical (unpaired) electrons. The zero-order chi connectivity index (χ0) is 32.5. The number of rotatable bonds is 12. The molecule has 44 heavy (non-hydrogen) atoms. The van der Waals surface area contributed by atoms with Gasteiger partial charge in [0.05, 0.1) is 44.0 Å². The largest absolute Gasteiger partial charge is 0.394 e. The van der Waals surface area contributed by atoms with Crippen molar-refractivity contribution in [3.8, 4) is 0 Å². The summed E-state index contributed by atoms with van der Waals surface area (Å²) in [6.07, 6.45) is -13.4. The molecule has 0 amide bonds. The standard InChI is InChI=1S/C25H47N7O12/c1-8(35)22(28)30-5-9-2-3-14-25(32-14,43-9)44-20-10(26)4-11(31-23(29)16(37)12(36)6-33)21(19(20)40)42-24-18(39)15(27)17(38)13(7-34)41-24/h8-21,24,32-40H,2-7,26-27H2,1H3,(H2,28,30)(H2,29,31). The lowest BCUT2D eigenvalue weighted by Crippen LogP contribution is -2.66. The van der Waals surface area contributed by atoms with Gasteiger partial charge in [-0.1, -0.05) is 0 Å². The lowest BCUT2D eigenvalue weighted by atomic mass is 9.84. The first kappa shape index (κ1) is 35.2. The quantitative estimate of drug-likeness (QED) is 0.0536. The van der Waals surface area contributed by atoms with Crippen molar-refractivity contribution >= 4 is 11.7 Å². The molecule has 4 rings (SSSR count). The number of aliphatic hydroxyl groups is 8. The maximum Gasteiger partial charge on any atom is 0.244 e. The first-order valence-corrected chi connectivity index (χ1v) is 14.6. The number of amidine groups is 2.